The fraction of sp³-hybridized carbons (Fsp3) is 0.208. The molecule has 150 valence electrons. The molecule has 0 radical (unpaired) electrons. The minimum absolute atomic E-state index is 0.566. The van der Waals surface area contributed by atoms with Gasteiger partial charge in [-0.3, -0.25) is 5.01 Å². The first-order valence-electron chi connectivity index (χ1n) is 9.38. The molecule has 0 heterocycles. The van der Waals surface area contributed by atoms with E-state index in [1.807, 2.05) is 60.5 Å². The van der Waals surface area contributed by atoms with Crippen LogP contribution >= 0.6 is 0 Å². The Hall–Kier alpha value is -3.47. The van der Waals surface area contributed by atoms with Gasteiger partial charge in [-0.15, -0.1) is 0 Å². The van der Waals surface area contributed by atoms with Crippen molar-refractivity contribution >= 4 is 11.4 Å². The number of anilines is 1. The van der Waals surface area contributed by atoms with Gasteiger partial charge in [0.15, 0.2) is 11.5 Å². The van der Waals surface area contributed by atoms with Crippen molar-refractivity contribution in [3.63, 3.8) is 0 Å². The van der Waals surface area contributed by atoms with Gasteiger partial charge in [0.05, 0.1) is 39.3 Å². The van der Waals surface area contributed by atoms with E-state index in [2.05, 4.69) is 24.3 Å². The molecule has 3 aromatic rings. The topological polar surface area (TPSA) is 43.3 Å². The van der Waals surface area contributed by atoms with Crippen molar-refractivity contribution in [3.8, 4) is 17.2 Å². The van der Waals surface area contributed by atoms with Crippen LogP contribution in [0.2, 0.25) is 0 Å². The Labute approximate surface area is 172 Å². The van der Waals surface area contributed by atoms with Crippen LogP contribution in [0.3, 0.4) is 0 Å². The van der Waals surface area contributed by atoms with Gasteiger partial charge in [-0.1, -0.05) is 48.5 Å². The summed E-state index contributed by atoms with van der Waals surface area (Å²) in [4.78, 5) is 0. The fourth-order valence-corrected chi connectivity index (χ4v) is 3.07. The summed E-state index contributed by atoms with van der Waals surface area (Å²) in [6.07, 6.45) is 0. The van der Waals surface area contributed by atoms with E-state index in [0.717, 1.165) is 17.0 Å². The average Bonchev–Trinajstić information content (AvgIpc) is 2.78. The van der Waals surface area contributed by atoms with Gasteiger partial charge in [0, 0.05) is 5.56 Å². The first-order valence-corrected chi connectivity index (χ1v) is 9.38. The Kier molecular flexibility index (Phi) is 6.74. The van der Waals surface area contributed by atoms with Crippen LogP contribution in [-0.4, -0.2) is 27.0 Å². The molecule has 0 spiro atoms. The van der Waals surface area contributed by atoms with Gasteiger partial charge in [0.25, 0.3) is 0 Å². The molecule has 0 saturated heterocycles. The summed E-state index contributed by atoms with van der Waals surface area (Å²) in [5.74, 6) is 1.77. The van der Waals surface area contributed by atoms with E-state index < -0.39 is 0 Å². The monoisotopic (exact) mass is 390 g/mol. The van der Waals surface area contributed by atoms with Crippen LogP contribution in [0.5, 0.6) is 17.2 Å². The second kappa shape index (κ2) is 9.64. The highest BCUT2D eigenvalue weighted by Gasteiger charge is 2.15. The standard InChI is InChI=1S/C24H26N2O3/c1-18(20-15-22(27-2)24(29-4)23(16-20)28-3)25-26(21-13-9-6-10-14-21)17-19-11-7-5-8-12-19/h5-16H,17H2,1-4H3/b25-18+. The van der Waals surface area contributed by atoms with E-state index in [0.29, 0.717) is 23.8 Å². The summed E-state index contributed by atoms with van der Waals surface area (Å²) in [6.45, 7) is 2.63. The molecule has 29 heavy (non-hydrogen) atoms. The molecule has 0 aliphatic carbocycles. The van der Waals surface area contributed by atoms with E-state index in [4.69, 9.17) is 19.3 Å². The zero-order valence-corrected chi connectivity index (χ0v) is 17.3. The molecule has 5 nitrogen and oxygen atoms in total. The van der Waals surface area contributed by atoms with Gasteiger partial charge in [-0.2, -0.15) is 5.10 Å². The van der Waals surface area contributed by atoms with Gasteiger partial charge in [-0.05, 0) is 36.8 Å². The largest absolute Gasteiger partial charge is 0.493 e. The van der Waals surface area contributed by atoms with Crippen LogP contribution in [0.1, 0.15) is 18.1 Å². The fourth-order valence-electron chi connectivity index (χ4n) is 3.07. The van der Waals surface area contributed by atoms with E-state index in [1.54, 1.807) is 21.3 Å². The first-order chi connectivity index (χ1) is 14.2. The Morgan fingerprint density at radius 1 is 0.793 bits per heavy atom. The van der Waals surface area contributed by atoms with Gasteiger partial charge in [-0.25, -0.2) is 0 Å². The van der Waals surface area contributed by atoms with Crippen LogP contribution in [0.25, 0.3) is 0 Å². The van der Waals surface area contributed by atoms with Crippen molar-refractivity contribution in [3.05, 3.63) is 83.9 Å². The van der Waals surface area contributed by atoms with Crippen LogP contribution in [-0.2, 0) is 6.54 Å². The van der Waals surface area contributed by atoms with E-state index in [9.17, 15) is 0 Å². The van der Waals surface area contributed by atoms with Crippen molar-refractivity contribution in [1.82, 2.24) is 0 Å². The highest BCUT2D eigenvalue weighted by Crippen LogP contribution is 2.38. The molecule has 0 amide bonds. The predicted octanol–water partition coefficient (Wildman–Crippen LogP) is 5.14. The minimum atomic E-state index is 0.566. The normalized spacial score (nSPS) is 11.1. The highest BCUT2D eigenvalue weighted by molar-refractivity contribution is 6.00. The van der Waals surface area contributed by atoms with Crippen molar-refractivity contribution in [1.29, 1.82) is 0 Å². The molecule has 0 saturated carbocycles. The Morgan fingerprint density at radius 2 is 1.34 bits per heavy atom. The predicted molar refractivity (Wildman–Crippen MR) is 117 cm³/mol. The SMILES string of the molecule is COc1cc(/C(C)=N/N(Cc2ccccc2)c2ccccc2)cc(OC)c1OC. The Morgan fingerprint density at radius 3 is 1.86 bits per heavy atom. The summed E-state index contributed by atoms with van der Waals surface area (Å²) >= 11 is 0. The molecule has 0 fully saturated rings. The maximum atomic E-state index is 5.48. The summed E-state index contributed by atoms with van der Waals surface area (Å²) in [5.41, 5.74) is 3.93. The maximum Gasteiger partial charge on any atom is 0.203 e. The summed E-state index contributed by atoms with van der Waals surface area (Å²) in [7, 11) is 4.82. The third-order valence-corrected chi connectivity index (χ3v) is 4.58. The van der Waals surface area contributed by atoms with E-state index >= 15 is 0 Å². The number of ether oxygens (including phenoxy) is 3. The number of hydrogen-bond donors (Lipinski definition) is 0. The lowest BCUT2D eigenvalue weighted by atomic mass is 10.1. The van der Waals surface area contributed by atoms with Gasteiger partial charge < -0.3 is 14.2 Å². The molecule has 0 aliphatic heterocycles. The van der Waals surface area contributed by atoms with Crippen LogP contribution in [0.15, 0.2) is 77.9 Å². The second-order valence-electron chi connectivity index (χ2n) is 6.48. The van der Waals surface area contributed by atoms with Crippen molar-refractivity contribution < 1.29 is 14.2 Å². The van der Waals surface area contributed by atoms with Crippen molar-refractivity contribution in [2.45, 2.75) is 13.5 Å². The maximum absolute atomic E-state index is 5.48. The second-order valence-corrected chi connectivity index (χ2v) is 6.48. The number of hydrazone groups is 1. The summed E-state index contributed by atoms with van der Waals surface area (Å²) in [5, 5.41) is 6.91. The molecule has 0 atom stereocenters. The summed E-state index contributed by atoms with van der Waals surface area (Å²) in [6, 6.07) is 24.2. The molecular formula is C24H26N2O3. The van der Waals surface area contributed by atoms with E-state index in [-0.39, 0.29) is 0 Å². The molecule has 0 aliphatic rings. The zero-order chi connectivity index (χ0) is 20.6. The number of rotatable bonds is 8. The van der Waals surface area contributed by atoms with E-state index in [1.165, 1.54) is 5.56 Å². The molecule has 0 N–H and O–H groups in total. The lowest BCUT2D eigenvalue weighted by Gasteiger charge is -2.21. The van der Waals surface area contributed by atoms with Crippen molar-refractivity contribution in [2.24, 2.45) is 5.10 Å². The molecular weight excluding hydrogens is 364 g/mol. The molecule has 3 aromatic carbocycles. The van der Waals surface area contributed by atoms with Crippen LogP contribution < -0.4 is 19.2 Å². The van der Waals surface area contributed by atoms with Gasteiger partial charge in [0.2, 0.25) is 5.75 Å². The lowest BCUT2D eigenvalue weighted by molar-refractivity contribution is 0.324. The van der Waals surface area contributed by atoms with Gasteiger partial charge >= 0.3 is 0 Å². The third kappa shape index (κ3) is 4.88. The van der Waals surface area contributed by atoms with Gasteiger partial charge in [0.1, 0.15) is 0 Å². The lowest BCUT2D eigenvalue weighted by Crippen LogP contribution is -2.18. The molecule has 0 aromatic heterocycles. The molecule has 0 unspecified atom stereocenters. The smallest absolute Gasteiger partial charge is 0.203 e. The highest BCUT2D eigenvalue weighted by atomic mass is 16.5. The number of methoxy groups -OCH3 is 3. The third-order valence-electron chi connectivity index (χ3n) is 4.58. The number of para-hydroxylation sites is 1. The van der Waals surface area contributed by atoms with Crippen LogP contribution in [0, 0.1) is 0 Å². The average molecular weight is 390 g/mol. The Balaban J connectivity index is 2.01. The Bertz CT molecular complexity index is 931. The molecule has 0 bridgehead atoms. The summed E-state index contributed by atoms with van der Waals surface area (Å²) < 4.78 is 16.4. The minimum Gasteiger partial charge on any atom is -0.493 e. The molecule has 3 rings (SSSR count). The number of benzene rings is 3. The zero-order valence-electron chi connectivity index (χ0n) is 17.3. The van der Waals surface area contributed by atoms with Crippen LogP contribution in [0.4, 0.5) is 5.69 Å². The number of nitrogens with zero attached hydrogens (tertiary/aromatic N) is 2. The quantitative estimate of drug-likeness (QED) is 0.394. The molecule has 5 heteroatoms. The number of hydrogen-bond acceptors (Lipinski definition) is 5. The van der Waals surface area contributed by atoms with Crippen molar-refractivity contribution in [2.75, 3.05) is 26.3 Å². The first kappa shape index (κ1) is 20.3.